The van der Waals surface area contributed by atoms with Gasteiger partial charge in [-0.05, 0) is 26.0 Å². The fourth-order valence-electron chi connectivity index (χ4n) is 1.22. The SMILES string of the molecule is CC(C)NSSOc1ccccc1C(=O)C(C)C. The van der Waals surface area contributed by atoms with E-state index in [-0.39, 0.29) is 11.7 Å². The van der Waals surface area contributed by atoms with Crippen LogP contribution in [0.4, 0.5) is 0 Å². The van der Waals surface area contributed by atoms with Gasteiger partial charge in [-0.2, -0.15) is 0 Å². The van der Waals surface area contributed by atoms with Crippen molar-refractivity contribution in [2.75, 3.05) is 0 Å². The molecule has 1 aromatic rings. The average molecular weight is 285 g/mol. The van der Waals surface area contributed by atoms with Crippen molar-refractivity contribution >= 4 is 27.8 Å². The topological polar surface area (TPSA) is 38.3 Å². The molecular formula is C13H19NO2S2. The van der Waals surface area contributed by atoms with Crippen LogP contribution in [-0.2, 0) is 0 Å². The van der Waals surface area contributed by atoms with Crippen molar-refractivity contribution in [2.45, 2.75) is 33.7 Å². The van der Waals surface area contributed by atoms with Crippen LogP contribution in [0.3, 0.4) is 0 Å². The highest BCUT2D eigenvalue weighted by molar-refractivity contribution is 8.74. The summed E-state index contributed by atoms with van der Waals surface area (Å²) in [6, 6.07) is 7.73. The van der Waals surface area contributed by atoms with E-state index in [2.05, 4.69) is 18.6 Å². The first kappa shape index (κ1) is 15.4. The van der Waals surface area contributed by atoms with E-state index >= 15 is 0 Å². The maximum Gasteiger partial charge on any atom is 0.169 e. The Kier molecular flexibility index (Phi) is 6.60. The fourth-order valence-corrected chi connectivity index (χ4v) is 2.72. The van der Waals surface area contributed by atoms with E-state index in [0.29, 0.717) is 17.4 Å². The fraction of sp³-hybridized carbons (Fsp3) is 0.462. The van der Waals surface area contributed by atoms with Gasteiger partial charge in [0.1, 0.15) is 16.8 Å². The van der Waals surface area contributed by atoms with E-state index in [1.165, 1.54) is 22.1 Å². The molecule has 0 aromatic heterocycles. The van der Waals surface area contributed by atoms with Crippen LogP contribution in [0.1, 0.15) is 38.1 Å². The van der Waals surface area contributed by atoms with Crippen LogP contribution >= 0.6 is 22.1 Å². The van der Waals surface area contributed by atoms with Gasteiger partial charge in [0, 0.05) is 22.9 Å². The molecule has 18 heavy (non-hydrogen) atoms. The minimum atomic E-state index is -0.0267. The van der Waals surface area contributed by atoms with E-state index in [1.807, 2.05) is 32.0 Å². The third-order valence-electron chi connectivity index (χ3n) is 2.12. The first-order chi connectivity index (χ1) is 8.52. The standard InChI is InChI=1S/C13H19NO2S2/c1-9(2)13(15)11-7-5-6-8-12(11)16-18-17-14-10(3)4/h5-10,14H,1-4H3. The average Bonchev–Trinajstić information content (AvgIpc) is 2.34. The second-order valence-electron chi connectivity index (χ2n) is 4.52. The van der Waals surface area contributed by atoms with E-state index in [9.17, 15) is 4.79 Å². The Morgan fingerprint density at radius 3 is 2.50 bits per heavy atom. The molecule has 1 rings (SSSR count). The van der Waals surface area contributed by atoms with Crippen molar-refractivity contribution in [2.24, 2.45) is 5.92 Å². The number of rotatable bonds is 7. The summed E-state index contributed by atoms with van der Waals surface area (Å²) < 4.78 is 8.71. The Hall–Kier alpha value is -0.650. The molecule has 0 heterocycles. The van der Waals surface area contributed by atoms with Gasteiger partial charge in [0.25, 0.3) is 0 Å². The second-order valence-corrected chi connectivity index (χ2v) is 6.14. The van der Waals surface area contributed by atoms with Gasteiger partial charge in [-0.25, -0.2) is 4.72 Å². The predicted molar refractivity (Wildman–Crippen MR) is 79.7 cm³/mol. The van der Waals surface area contributed by atoms with Crippen LogP contribution in [0.5, 0.6) is 5.75 Å². The number of carbonyl (C=O) groups is 1. The highest BCUT2D eigenvalue weighted by Gasteiger charge is 2.15. The van der Waals surface area contributed by atoms with Crippen molar-refractivity contribution in [3.05, 3.63) is 29.8 Å². The number of benzene rings is 1. The monoisotopic (exact) mass is 285 g/mol. The third kappa shape index (κ3) is 4.92. The Morgan fingerprint density at radius 2 is 1.89 bits per heavy atom. The molecule has 0 atom stereocenters. The summed E-state index contributed by atoms with van der Waals surface area (Å²) in [5, 5.41) is 0. The summed E-state index contributed by atoms with van der Waals surface area (Å²) in [4.78, 5) is 12.0. The van der Waals surface area contributed by atoms with Gasteiger partial charge in [-0.3, -0.25) is 4.79 Å². The summed E-state index contributed by atoms with van der Waals surface area (Å²) in [6.07, 6.45) is 0. The van der Waals surface area contributed by atoms with Gasteiger partial charge in [-0.1, -0.05) is 26.0 Å². The maximum absolute atomic E-state index is 12.0. The van der Waals surface area contributed by atoms with Gasteiger partial charge < -0.3 is 4.18 Å². The summed E-state index contributed by atoms with van der Waals surface area (Å²) in [6.45, 7) is 7.90. The van der Waals surface area contributed by atoms with Crippen LogP contribution in [-0.4, -0.2) is 11.8 Å². The quantitative estimate of drug-likeness (QED) is 0.268. The van der Waals surface area contributed by atoms with Crippen molar-refractivity contribution in [3.63, 3.8) is 0 Å². The Balaban J connectivity index is 2.62. The zero-order chi connectivity index (χ0) is 13.5. The Labute approximate surface area is 117 Å². The molecular weight excluding hydrogens is 266 g/mol. The lowest BCUT2D eigenvalue weighted by Gasteiger charge is -2.11. The maximum atomic E-state index is 12.0. The molecule has 0 aliphatic heterocycles. The molecule has 0 aliphatic rings. The molecule has 1 N–H and O–H groups in total. The number of hydrogen-bond donors (Lipinski definition) is 1. The molecule has 0 unspecified atom stereocenters. The first-order valence-corrected chi connectivity index (χ1v) is 7.98. The van der Waals surface area contributed by atoms with Crippen molar-refractivity contribution in [1.29, 1.82) is 0 Å². The number of ketones is 1. The highest BCUT2D eigenvalue weighted by Crippen LogP contribution is 2.28. The number of hydrogen-bond acceptors (Lipinski definition) is 5. The van der Waals surface area contributed by atoms with E-state index in [0.717, 1.165) is 0 Å². The van der Waals surface area contributed by atoms with E-state index in [1.54, 1.807) is 6.07 Å². The molecule has 0 spiro atoms. The van der Waals surface area contributed by atoms with Crippen LogP contribution in [0.15, 0.2) is 24.3 Å². The summed E-state index contributed by atoms with van der Waals surface area (Å²) in [5.74, 6) is 0.702. The molecule has 0 saturated carbocycles. The summed E-state index contributed by atoms with van der Waals surface area (Å²) >= 11 is 1.23. The molecule has 100 valence electrons. The van der Waals surface area contributed by atoms with Gasteiger partial charge in [0.05, 0.1) is 5.56 Å². The zero-order valence-electron chi connectivity index (χ0n) is 11.1. The molecule has 0 aliphatic carbocycles. The first-order valence-electron chi connectivity index (χ1n) is 5.91. The number of carbonyl (C=O) groups excluding carboxylic acids is 1. The molecule has 0 radical (unpaired) electrons. The third-order valence-corrected chi connectivity index (χ3v) is 3.70. The molecule has 0 fully saturated rings. The largest absolute Gasteiger partial charge is 0.412 e. The molecule has 5 heteroatoms. The van der Waals surface area contributed by atoms with E-state index < -0.39 is 0 Å². The van der Waals surface area contributed by atoms with Crippen LogP contribution in [0, 0.1) is 5.92 Å². The lowest BCUT2D eigenvalue weighted by Crippen LogP contribution is -2.13. The van der Waals surface area contributed by atoms with Gasteiger partial charge in [-0.15, -0.1) is 0 Å². The van der Waals surface area contributed by atoms with Gasteiger partial charge in [0.15, 0.2) is 5.78 Å². The van der Waals surface area contributed by atoms with Gasteiger partial charge in [0.2, 0.25) is 0 Å². The molecule has 0 amide bonds. The van der Waals surface area contributed by atoms with Crippen LogP contribution in [0.25, 0.3) is 0 Å². The molecule has 3 nitrogen and oxygen atoms in total. The normalized spacial score (nSPS) is 11.0. The van der Waals surface area contributed by atoms with Crippen LogP contribution < -0.4 is 8.91 Å². The predicted octanol–water partition coefficient (Wildman–Crippen LogP) is 4.11. The minimum Gasteiger partial charge on any atom is -0.412 e. The number of nitrogens with one attached hydrogen (secondary N) is 1. The van der Waals surface area contributed by atoms with Crippen molar-refractivity contribution in [1.82, 2.24) is 4.72 Å². The smallest absolute Gasteiger partial charge is 0.169 e. The summed E-state index contributed by atoms with van der Waals surface area (Å²) in [7, 11) is 1.42. The minimum absolute atomic E-state index is 0.0267. The number of Topliss-reactive ketones (excluding diaryl/α,β-unsaturated/α-hetero) is 1. The zero-order valence-corrected chi connectivity index (χ0v) is 12.7. The number of para-hydroxylation sites is 1. The summed E-state index contributed by atoms with van der Waals surface area (Å²) in [5.41, 5.74) is 0.644. The van der Waals surface area contributed by atoms with Gasteiger partial charge >= 0.3 is 0 Å². The van der Waals surface area contributed by atoms with Crippen molar-refractivity contribution in [3.8, 4) is 5.75 Å². The highest BCUT2D eigenvalue weighted by atomic mass is 33.1. The van der Waals surface area contributed by atoms with Crippen molar-refractivity contribution < 1.29 is 8.98 Å². The van der Waals surface area contributed by atoms with E-state index in [4.69, 9.17) is 4.18 Å². The molecule has 1 aromatic carbocycles. The molecule has 0 saturated heterocycles. The lowest BCUT2D eigenvalue weighted by atomic mass is 10.0. The molecule has 0 bridgehead atoms. The van der Waals surface area contributed by atoms with Crippen LogP contribution in [0.2, 0.25) is 0 Å². The lowest BCUT2D eigenvalue weighted by molar-refractivity contribution is 0.0938. The Morgan fingerprint density at radius 1 is 1.22 bits per heavy atom. The Bertz CT molecular complexity index is 394. The second kappa shape index (κ2) is 7.71.